The molecular weight excluding hydrogens is 278 g/mol. The molecule has 0 fully saturated rings. The molecule has 21 heavy (non-hydrogen) atoms. The Hall–Kier alpha value is -2.28. The lowest BCUT2D eigenvalue weighted by molar-refractivity contribution is -0.141. The Balaban J connectivity index is 2.94. The van der Waals surface area contributed by atoms with E-state index in [1.54, 1.807) is 18.2 Å². The van der Waals surface area contributed by atoms with Gasteiger partial charge in [0, 0.05) is 6.54 Å². The van der Waals surface area contributed by atoms with Crippen LogP contribution in [0.5, 0.6) is 11.5 Å². The normalized spacial score (nSPS) is 11.7. The van der Waals surface area contributed by atoms with E-state index in [0.29, 0.717) is 23.7 Å². The minimum absolute atomic E-state index is 0.0578. The van der Waals surface area contributed by atoms with E-state index in [1.807, 2.05) is 6.92 Å². The fourth-order valence-corrected chi connectivity index (χ4v) is 1.81. The molecular formula is C14H19NO6. The lowest BCUT2D eigenvalue weighted by Crippen LogP contribution is -2.30. The van der Waals surface area contributed by atoms with E-state index >= 15 is 0 Å². The Bertz CT molecular complexity index is 502. The molecule has 0 heterocycles. The molecule has 0 aliphatic carbocycles. The molecule has 7 heteroatoms. The fourth-order valence-electron chi connectivity index (χ4n) is 1.81. The van der Waals surface area contributed by atoms with E-state index < -0.39 is 18.0 Å². The maximum atomic E-state index is 11.3. The molecule has 0 radical (unpaired) electrons. The number of carboxylic acid groups (broad SMARTS) is 2. The lowest BCUT2D eigenvalue weighted by Gasteiger charge is -2.17. The van der Waals surface area contributed by atoms with Crippen LogP contribution in [0.3, 0.4) is 0 Å². The van der Waals surface area contributed by atoms with E-state index in [4.69, 9.17) is 14.6 Å². The molecule has 116 valence electrons. The minimum Gasteiger partial charge on any atom is -0.493 e. The molecule has 1 aromatic rings. The van der Waals surface area contributed by atoms with Crippen LogP contribution >= 0.6 is 0 Å². The van der Waals surface area contributed by atoms with Gasteiger partial charge in [-0.2, -0.15) is 0 Å². The summed E-state index contributed by atoms with van der Waals surface area (Å²) in [7, 11) is 1.50. The van der Waals surface area contributed by atoms with Gasteiger partial charge < -0.3 is 25.0 Å². The third kappa shape index (κ3) is 4.96. The monoisotopic (exact) mass is 297 g/mol. The molecule has 0 aromatic heterocycles. The van der Waals surface area contributed by atoms with Crippen LogP contribution in [-0.2, 0) is 9.59 Å². The number of rotatable bonds is 9. The number of methoxy groups -OCH3 is 1. The van der Waals surface area contributed by atoms with Crippen LogP contribution in [0.25, 0.3) is 0 Å². The van der Waals surface area contributed by atoms with Crippen molar-refractivity contribution in [1.29, 1.82) is 0 Å². The largest absolute Gasteiger partial charge is 0.493 e. The van der Waals surface area contributed by atoms with Crippen LogP contribution in [0.2, 0.25) is 0 Å². The van der Waals surface area contributed by atoms with Crippen molar-refractivity contribution in [3.05, 3.63) is 23.8 Å². The summed E-state index contributed by atoms with van der Waals surface area (Å²) < 4.78 is 10.5. The summed E-state index contributed by atoms with van der Waals surface area (Å²) in [4.78, 5) is 21.8. The van der Waals surface area contributed by atoms with Gasteiger partial charge >= 0.3 is 11.9 Å². The van der Waals surface area contributed by atoms with Crippen LogP contribution in [0, 0.1) is 0 Å². The highest BCUT2D eigenvalue weighted by Gasteiger charge is 2.21. The van der Waals surface area contributed by atoms with Gasteiger partial charge in [-0.05, 0) is 24.6 Å². The Morgan fingerprint density at radius 3 is 2.52 bits per heavy atom. The van der Waals surface area contributed by atoms with Crippen LogP contribution < -0.4 is 14.8 Å². The van der Waals surface area contributed by atoms with E-state index in [2.05, 4.69) is 5.32 Å². The molecule has 1 atom stereocenters. The van der Waals surface area contributed by atoms with Crippen molar-refractivity contribution < 1.29 is 29.3 Å². The molecule has 0 saturated heterocycles. The van der Waals surface area contributed by atoms with Crippen LogP contribution in [-0.4, -0.2) is 42.4 Å². The second-order valence-corrected chi connectivity index (χ2v) is 4.21. The number of ether oxygens (including phenoxy) is 2. The quantitative estimate of drug-likeness (QED) is 0.630. The maximum Gasteiger partial charge on any atom is 0.325 e. The van der Waals surface area contributed by atoms with E-state index in [0.717, 1.165) is 0 Å². The molecule has 0 aliphatic rings. The van der Waals surface area contributed by atoms with Crippen molar-refractivity contribution in [2.45, 2.75) is 19.4 Å². The standard InChI is InChI=1S/C14H19NO6/c1-3-21-11-8-9(4-5-10(11)20-2)13(14(18)19)15-7-6-12(16)17/h4-5,8,13,15H,3,6-7H2,1-2H3,(H,16,17)(H,18,19). The van der Waals surface area contributed by atoms with Gasteiger partial charge in [0.15, 0.2) is 11.5 Å². The summed E-state index contributed by atoms with van der Waals surface area (Å²) >= 11 is 0. The van der Waals surface area contributed by atoms with Crippen molar-refractivity contribution in [3.8, 4) is 11.5 Å². The first-order valence-electron chi connectivity index (χ1n) is 6.48. The third-order valence-corrected chi connectivity index (χ3v) is 2.76. The van der Waals surface area contributed by atoms with Crippen LogP contribution in [0.4, 0.5) is 0 Å². The average molecular weight is 297 g/mol. The Morgan fingerprint density at radius 1 is 1.29 bits per heavy atom. The molecule has 0 aliphatic heterocycles. The number of benzene rings is 1. The molecule has 0 spiro atoms. The average Bonchev–Trinajstić information content (AvgIpc) is 2.43. The van der Waals surface area contributed by atoms with Gasteiger partial charge in [0.05, 0.1) is 20.1 Å². The molecule has 1 aromatic carbocycles. The number of hydrogen-bond donors (Lipinski definition) is 3. The van der Waals surface area contributed by atoms with Gasteiger partial charge in [-0.25, -0.2) is 0 Å². The summed E-state index contributed by atoms with van der Waals surface area (Å²) in [5.74, 6) is -1.12. The number of hydrogen-bond acceptors (Lipinski definition) is 5. The van der Waals surface area contributed by atoms with E-state index in [9.17, 15) is 14.7 Å². The van der Waals surface area contributed by atoms with E-state index in [-0.39, 0.29) is 13.0 Å². The molecule has 1 unspecified atom stereocenters. The molecule has 0 amide bonds. The zero-order valence-corrected chi connectivity index (χ0v) is 12.0. The highest BCUT2D eigenvalue weighted by Crippen LogP contribution is 2.30. The predicted octanol–water partition coefficient (Wildman–Crippen LogP) is 1.28. The van der Waals surface area contributed by atoms with Gasteiger partial charge in [-0.3, -0.25) is 9.59 Å². The first-order chi connectivity index (χ1) is 9.99. The maximum absolute atomic E-state index is 11.3. The van der Waals surface area contributed by atoms with Crippen molar-refractivity contribution >= 4 is 11.9 Å². The third-order valence-electron chi connectivity index (χ3n) is 2.76. The number of nitrogens with one attached hydrogen (secondary N) is 1. The Labute approximate surface area is 122 Å². The number of carboxylic acids is 2. The Kier molecular flexibility index (Phi) is 6.48. The second-order valence-electron chi connectivity index (χ2n) is 4.21. The number of carbonyl (C=O) groups is 2. The zero-order valence-electron chi connectivity index (χ0n) is 12.0. The molecule has 0 bridgehead atoms. The highest BCUT2D eigenvalue weighted by molar-refractivity contribution is 5.76. The highest BCUT2D eigenvalue weighted by atomic mass is 16.5. The first-order valence-corrected chi connectivity index (χ1v) is 6.48. The minimum atomic E-state index is -1.09. The summed E-state index contributed by atoms with van der Waals surface area (Å²) in [6.07, 6.45) is -0.155. The topological polar surface area (TPSA) is 105 Å². The molecule has 7 nitrogen and oxygen atoms in total. The molecule has 3 N–H and O–H groups in total. The van der Waals surface area contributed by atoms with Crippen LogP contribution in [0.1, 0.15) is 24.9 Å². The van der Waals surface area contributed by atoms with E-state index in [1.165, 1.54) is 7.11 Å². The molecule has 1 rings (SSSR count). The predicted molar refractivity (Wildman–Crippen MR) is 74.8 cm³/mol. The fraction of sp³-hybridized carbons (Fsp3) is 0.429. The van der Waals surface area contributed by atoms with Crippen molar-refractivity contribution in [3.63, 3.8) is 0 Å². The van der Waals surface area contributed by atoms with Crippen molar-refractivity contribution in [1.82, 2.24) is 5.32 Å². The summed E-state index contributed by atoms with van der Waals surface area (Å²) in [5, 5.41) is 20.5. The number of aliphatic carboxylic acids is 2. The molecule has 0 saturated carbocycles. The Morgan fingerprint density at radius 2 is 2.00 bits per heavy atom. The van der Waals surface area contributed by atoms with Crippen molar-refractivity contribution in [2.24, 2.45) is 0 Å². The van der Waals surface area contributed by atoms with Gasteiger partial charge in [-0.1, -0.05) is 6.07 Å². The second kappa shape index (κ2) is 8.11. The van der Waals surface area contributed by atoms with Gasteiger partial charge in [0.1, 0.15) is 6.04 Å². The summed E-state index contributed by atoms with van der Waals surface area (Å²) in [6.45, 7) is 2.29. The first kappa shape index (κ1) is 16.8. The lowest BCUT2D eigenvalue weighted by atomic mass is 10.1. The van der Waals surface area contributed by atoms with Crippen LogP contribution in [0.15, 0.2) is 18.2 Å². The summed E-state index contributed by atoms with van der Waals surface area (Å²) in [6, 6.07) is 3.80. The summed E-state index contributed by atoms with van der Waals surface area (Å²) in [5.41, 5.74) is 0.470. The van der Waals surface area contributed by atoms with Gasteiger partial charge in [0.25, 0.3) is 0 Å². The smallest absolute Gasteiger partial charge is 0.325 e. The zero-order chi connectivity index (χ0) is 15.8. The van der Waals surface area contributed by atoms with Gasteiger partial charge in [-0.15, -0.1) is 0 Å². The SMILES string of the molecule is CCOc1cc(C(NCCC(=O)O)C(=O)O)ccc1OC. The van der Waals surface area contributed by atoms with Crippen molar-refractivity contribution in [2.75, 3.05) is 20.3 Å². The van der Waals surface area contributed by atoms with Gasteiger partial charge in [0.2, 0.25) is 0 Å².